The van der Waals surface area contributed by atoms with Crippen LogP contribution < -0.4 is 4.90 Å². The summed E-state index contributed by atoms with van der Waals surface area (Å²) in [6.45, 7) is 0. The van der Waals surface area contributed by atoms with Crippen molar-refractivity contribution in [2.45, 2.75) is 0 Å². The SMILES string of the molecule is c1ccc(-c2ccc(-c3ccccc3)c(N(c3ccc4ccc5ccccc5c4c3)c3ccc(-c4ccccc4)c4oc5ccccc5c34)c2)cc1. The molecule has 1 heterocycles. The maximum Gasteiger partial charge on any atom is 0.145 e. The van der Waals surface area contributed by atoms with Gasteiger partial charge in [-0.1, -0.05) is 164 Å². The molecule has 0 saturated heterocycles. The lowest BCUT2D eigenvalue weighted by molar-refractivity contribution is 0.670. The molecule has 2 heteroatoms. The van der Waals surface area contributed by atoms with Gasteiger partial charge in [0.1, 0.15) is 11.2 Å². The Hall–Kier alpha value is -6.90. The molecule has 52 heavy (non-hydrogen) atoms. The van der Waals surface area contributed by atoms with Gasteiger partial charge in [0.15, 0.2) is 0 Å². The van der Waals surface area contributed by atoms with E-state index in [1.54, 1.807) is 0 Å². The fourth-order valence-electron chi connectivity index (χ4n) is 7.77. The lowest BCUT2D eigenvalue weighted by Gasteiger charge is -2.30. The monoisotopic (exact) mass is 663 g/mol. The molecule has 0 spiro atoms. The van der Waals surface area contributed by atoms with Gasteiger partial charge in [-0.25, -0.2) is 0 Å². The maximum absolute atomic E-state index is 6.81. The molecule has 1 aromatic heterocycles. The van der Waals surface area contributed by atoms with Crippen LogP contribution in [0.1, 0.15) is 0 Å². The highest BCUT2D eigenvalue weighted by Crippen LogP contribution is 2.49. The van der Waals surface area contributed by atoms with Gasteiger partial charge in [-0.05, 0) is 80.2 Å². The highest BCUT2D eigenvalue weighted by molar-refractivity contribution is 6.18. The van der Waals surface area contributed by atoms with E-state index in [0.717, 1.165) is 66.8 Å². The van der Waals surface area contributed by atoms with Crippen molar-refractivity contribution in [2.75, 3.05) is 4.90 Å². The van der Waals surface area contributed by atoms with E-state index >= 15 is 0 Å². The summed E-state index contributed by atoms with van der Waals surface area (Å²) in [7, 11) is 0. The summed E-state index contributed by atoms with van der Waals surface area (Å²) in [5, 5.41) is 7.06. The van der Waals surface area contributed by atoms with Gasteiger partial charge in [-0.3, -0.25) is 0 Å². The standard InChI is InChI=1S/C50H33NO/c1-4-14-34(15-5-1)39-27-29-42(35-16-6-2-7-17-35)47(32-39)51(40-28-26-38-25-24-37-20-10-11-21-41(37)45(38)33-40)46-31-30-43(36-18-8-3-9-19-36)50-49(46)44-22-12-13-23-48(44)52-50/h1-33H. The Labute approximate surface area is 302 Å². The molecule has 0 bridgehead atoms. The molecular weight excluding hydrogens is 631 g/mol. The van der Waals surface area contributed by atoms with Crippen LogP contribution in [0.5, 0.6) is 0 Å². The number of benzene rings is 9. The number of rotatable bonds is 6. The van der Waals surface area contributed by atoms with Crippen LogP contribution in [0.2, 0.25) is 0 Å². The maximum atomic E-state index is 6.81. The minimum atomic E-state index is 0.868. The molecule has 0 unspecified atom stereocenters. The van der Waals surface area contributed by atoms with Crippen molar-refractivity contribution >= 4 is 60.5 Å². The molecule has 0 aliphatic rings. The number of fused-ring (bicyclic) bond motifs is 6. The van der Waals surface area contributed by atoms with E-state index in [2.05, 4.69) is 205 Å². The van der Waals surface area contributed by atoms with Crippen molar-refractivity contribution in [3.8, 4) is 33.4 Å². The van der Waals surface area contributed by atoms with Crippen LogP contribution in [0.4, 0.5) is 17.1 Å². The van der Waals surface area contributed by atoms with Gasteiger partial charge < -0.3 is 9.32 Å². The van der Waals surface area contributed by atoms with Gasteiger partial charge in [-0.15, -0.1) is 0 Å². The highest BCUT2D eigenvalue weighted by Gasteiger charge is 2.25. The van der Waals surface area contributed by atoms with Gasteiger partial charge >= 0.3 is 0 Å². The largest absolute Gasteiger partial charge is 0.455 e. The summed E-state index contributed by atoms with van der Waals surface area (Å²) in [4.78, 5) is 2.45. The molecule has 0 saturated carbocycles. The van der Waals surface area contributed by atoms with Crippen molar-refractivity contribution < 1.29 is 4.42 Å². The van der Waals surface area contributed by atoms with E-state index < -0.39 is 0 Å². The molecule has 0 fully saturated rings. The van der Waals surface area contributed by atoms with Gasteiger partial charge in [-0.2, -0.15) is 0 Å². The number of nitrogens with zero attached hydrogens (tertiary/aromatic N) is 1. The summed E-state index contributed by atoms with van der Waals surface area (Å²) in [6, 6.07) is 71.7. The molecule has 0 aliphatic heterocycles. The lowest BCUT2D eigenvalue weighted by atomic mass is 9.95. The summed E-state index contributed by atoms with van der Waals surface area (Å²) in [5.74, 6) is 0. The third-order valence-electron chi connectivity index (χ3n) is 10.2. The Balaban J connectivity index is 1.34. The van der Waals surface area contributed by atoms with E-state index in [-0.39, 0.29) is 0 Å². The number of hydrogen-bond donors (Lipinski definition) is 0. The minimum Gasteiger partial charge on any atom is -0.455 e. The second kappa shape index (κ2) is 12.5. The molecule has 2 nitrogen and oxygen atoms in total. The van der Waals surface area contributed by atoms with E-state index in [1.165, 1.54) is 27.1 Å². The van der Waals surface area contributed by atoms with E-state index in [0.29, 0.717) is 0 Å². The predicted octanol–water partition coefficient (Wildman–Crippen LogP) is 14.4. The summed E-state index contributed by atoms with van der Waals surface area (Å²) < 4.78 is 6.81. The third kappa shape index (κ3) is 5.04. The first-order chi connectivity index (χ1) is 25.8. The van der Waals surface area contributed by atoms with Crippen molar-refractivity contribution in [3.63, 3.8) is 0 Å². The second-order valence-corrected chi connectivity index (χ2v) is 13.3. The van der Waals surface area contributed by atoms with Crippen LogP contribution in [0.25, 0.3) is 76.9 Å². The normalized spacial score (nSPS) is 11.5. The first kappa shape index (κ1) is 30.0. The fourth-order valence-corrected chi connectivity index (χ4v) is 7.77. The number of para-hydroxylation sites is 1. The molecule has 244 valence electrons. The van der Waals surface area contributed by atoms with Crippen molar-refractivity contribution in [1.82, 2.24) is 0 Å². The Bertz CT molecular complexity index is 2890. The quantitative estimate of drug-likeness (QED) is 0.165. The fraction of sp³-hybridized carbons (Fsp3) is 0. The molecule has 9 aromatic carbocycles. The molecule has 0 aliphatic carbocycles. The summed E-state index contributed by atoms with van der Waals surface area (Å²) >= 11 is 0. The number of anilines is 3. The zero-order valence-electron chi connectivity index (χ0n) is 28.4. The van der Waals surface area contributed by atoms with Crippen LogP contribution in [0, 0.1) is 0 Å². The number of furan rings is 1. The highest BCUT2D eigenvalue weighted by atomic mass is 16.3. The molecule has 0 atom stereocenters. The summed E-state index contributed by atoms with van der Waals surface area (Å²) in [6.07, 6.45) is 0. The van der Waals surface area contributed by atoms with Crippen LogP contribution in [-0.2, 0) is 0 Å². The molecular formula is C50H33NO. The molecule has 0 N–H and O–H groups in total. The minimum absolute atomic E-state index is 0.868. The van der Waals surface area contributed by atoms with E-state index in [9.17, 15) is 0 Å². The smallest absolute Gasteiger partial charge is 0.145 e. The average Bonchev–Trinajstić information content (AvgIpc) is 3.62. The Morgan fingerprint density at radius 3 is 1.67 bits per heavy atom. The van der Waals surface area contributed by atoms with Crippen molar-refractivity contribution in [2.24, 2.45) is 0 Å². The number of hydrogen-bond acceptors (Lipinski definition) is 2. The average molecular weight is 664 g/mol. The Kier molecular flexibility index (Phi) is 7.18. The van der Waals surface area contributed by atoms with Crippen molar-refractivity contribution in [3.05, 3.63) is 200 Å². The zero-order valence-corrected chi connectivity index (χ0v) is 28.4. The first-order valence-electron chi connectivity index (χ1n) is 17.8. The Morgan fingerprint density at radius 2 is 0.923 bits per heavy atom. The van der Waals surface area contributed by atoms with E-state index in [4.69, 9.17) is 4.42 Å². The van der Waals surface area contributed by atoms with Gasteiger partial charge in [0.05, 0.1) is 16.8 Å². The summed E-state index contributed by atoms with van der Waals surface area (Å²) in [5.41, 5.74) is 11.8. The molecule has 0 radical (unpaired) electrons. The van der Waals surface area contributed by atoms with Gasteiger partial charge in [0, 0.05) is 22.2 Å². The van der Waals surface area contributed by atoms with Crippen LogP contribution in [0.3, 0.4) is 0 Å². The molecule has 10 rings (SSSR count). The first-order valence-corrected chi connectivity index (χ1v) is 17.8. The third-order valence-corrected chi connectivity index (χ3v) is 10.2. The van der Waals surface area contributed by atoms with Gasteiger partial charge in [0.2, 0.25) is 0 Å². The van der Waals surface area contributed by atoms with Crippen LogP contribution >= 0.6 is 0 Å². The van der Waals surface area contributed by atoms with Gasteiger partial charge in [0.25, 0.3) is 0 Å². The predicted molar refractivity (Wildman–Crippen MR) is 220 cm³/mol. The van der Waals surface area contributed by atoms with Crippen LogP contribution in [-0.4, -0.2) is 0 Å². The zero-order chi connectivity index (χ0) is 34.4. The topological polar surface area (TPSA) is 16.4 Å². The van der Waals surface area contributed by atoms with Crippen molar-refractivity contribution in [1.29, 1.82) is 0 Å². The lowest BCUT2D eigenvalue weighted by Crippen LogP contribution is -2.12. The van der Waals surface area contributed by atoms with E-state index in [1.807, 2.05) is 0 Å². The van der Waals surface area contributed by atoms with Crippen LogP contribution in [0.15, 0.2) is 205 Å². The molecule has 0 amide bonds. The molecule has 10 aromatic rings. The second-order valence-electron chi connectivity index (χ2n) is 13.3. The Morgan fingerprint density at radius 1 is 0.346 bits per heavy atom.